The van der Waals surface area contributed by atoms with Gasteiger partial charge in [-0.25, -0.2) is 9.97 Å². The number of aryl methyl sites for hydroxylation is 1. The fourth-order valence-electron chi connectivity index (χ4n) is 1.67. The first-order valence-electron chi connectivity index (χ1n) is 7.28. The van der Waals surface area contributed by atoms with Crippen molar-refractivity contribution < 1.29 is 0 Å². The van der Waals surface area contributed by atoms with Crippen LogP contribution >= 0.6 is 0 Å². The summed E-state index contributed by atoms with van der Waals surface area (Å²) in [6.07, 6.45) is 1.08. The average Bonchev–Trinajstić information content (AvgIpc) is 2.37. The number of nitrogens with one attached hydrogen (secondary N) is 2. The molecule has 0 bridgehead atoms. The molecule has 1 rings (SSSR count). The van der Waals surface area contributed by atoms with Crippen LogP contribution in [-0.2, 0) is 0 Å². The highest BCUT2D eigenvalue weighted by atomic mass is 15.2. The third kappa shape index (κ3) is 4.34. The predicted molar refractivity (Wildman–Crippen MR) is 86.5 cm³/mol. The highest BCUT2D eigenvalue weighted by molar-refractivity contribution is 5.57. The molecule has 20 heavy (non-hydrogen) atoms. The summed E-state index contributed by atoms with van der Waals surface area (Å²) in [5, 5.41) is 6.82. The second kappa shape index (κ2) is 6.88. The van der Waals surface area contributed by atoms with Gasteiger partial charge in [-0.05, 0) is 48.2 Å². The summed E-state index contributed by atoms with van der Waals surface area (Å²) < 4.78 is 0. The van der Waals surface area contributed by atoms with E-state index < -0.39 is 0 Å². The first kappa shape index (κ1) is 16.7. The van der Waals surface area contributed by atoms with E-state index in [1.807, 2.05) is 6.92 Å². The Morgan fingerprint density at radius 3 is 2.10 bits per heavy atom. The van der Waals surface area contributed by atoms with Crippen molar-refractivity contribution in [1.82, 2.24) is 14.9 Å². The van der Waals surface area contributed by atoms with Crippen LogP contribution in [0.2, 0.25) is 0 Å². The quantitative estimate of drug-likeness (QED) is 0.803. The van der Waals surface area contributed by atoms with E-state index in [-0.39, 0.29) is 5.54 Å². The lowest BCUT2D eigenvalue weighted by molar-refractivity contribution is 0.210. The fraction of sp³-hybridized carbons (Fsp3) is 0.733. The number of anilines is 2. The molecule has 0 aliphatic heterocycles. The van der Waals surface area contributed by atoms with Crippen molar-refractivity contribution in [3.8, 4) is 0 Å². The molecule has 0 radical (unpaired) electrons. The van der Waals surface area contributed by atoms with Crippen LogP contribution in [0.15, 0.2) is 0 Å². The molecule has 1 aromatic heterocycles. The normalized spacial score (nSPS) is 11.8. The topological polar surface area (TPSA) is 53.1 Å². The van der Waals surface area contributed by atoms with Crippen LogP contribution in [0.3, 0.4) is 0 Å². The molecule has 0 fully saturated rings. The summed E-state index contributed by atoms with van der Waals surface area (Å²) >= 11 is 0. The zero-order valence-electron chi connectivity index (χ0n) is 14.0. The maximum Gasteiger partial charge on any atom is 0.134 e. The van der Waals surface area contributed by atoms with Crippen LogP contribution in [0.4, 0.5) is 11.6 Å². The van der Waals surface area contributed by atoms with Gasteiger partial charge in [0, 0.05) is 24.2 Å². The summed E-state index contributed by atoms with van der Waals surface area (Å²) in [7, 11) is 4.18. The number of hydrogen-bond acceptors (Lipinski definition) is 5. The Hall–Kier alpha value is -1.36. The zero-order valence-corrected chi connectivity index (χ0v) is 14.0. The Morgan fingerprint density at radius 1 is 1.05 bits per heavy atom. The lowest BCUT2D eigenvalue weighted by Crippen LogP contribution is -2.44. The Kier molecular flexibility index (Phi) is 5.74. The van der Waals surface area contributed by atoms with Crippen LogP contribution < -0.4 is 10.6 Å². The average molecular weight is 279 g/mol. The molecular formula is C15H29N5. The van der Waals surface area contributed by atoms with E-state index >= 15 is 0 Å². The van der Waals surface area contributed by atoms with E-state index in [1.54, 1.807) is 0 Å². The predicted octanol–water partition coefficient (Wildman–Crippen LogP) is 2.67. The van der Waals surface area contributed by atoms with Crippen LogP contribution in [-0.4, -0.2) is 47.6 Å². The van der Waals surface area contributed by atoms with E-state index in [2.05, 4.69) is 67.3 Å². The summed E-state index contributed by atoms with van der Waals surface area (Å²) in [4.78, 5) is 11.2. The molecule has 0 aliphatic carbocycles. The smallest absolute Gasteiger partial charge is 0.134 e. The number of rotatable bonds is 7. The van der Waals surface area contributed by atoms with Crippen molar-refractivity contribution in [3.63, 3.8) is 0 Å². The summed E-state index contributed by atoms with van der Waals surface area (Å²) in [6, 6.07) is 0. The van der Waals surface area contributed by atoms with Crippen LogP contribution in [0.25, 0.3) is 0 Å². The molecule has 0 saturated heterocycles. The Morgan fingerprint density at radius 2 is 1.60 bits per heavy atom. The van der Waals surface area contributed by atoms with Crippen molar-refractivity contribution in [2.75, 3.05) is 37.8 Å². The SMILES string of the molecule is CCCNc1nc(C)nc(NCC(C)(C)N(C)C)c1C. The van der Waals surface area contributed by atoms with Gasteiger partial charge in [0.1, 0.15) is 17.5 Å². The molecule has 0 amide bonds. The lowest BCUT2D eigenvalue weighted by atomic mass is 10.0. The maximum atomic E-state index is 4.52. The Bertz CT molecular complexity index is 440. The second-order valence-corrected chi connectivity index (χ2v) is 6.08. The molecule has 0 unspecified atom stereocenters. The molecule has 0 aromatic carbocycles. The third-order valence-corrected chi connectivity index (χ3v) is 3.70. The summed E-state index contributed by atoms with van der Waals surface area (Å²) in [5.41, 5.74) is 1.15. The van der Waals surface area contributed by atoms with Gasteiger partial charge >= 0.3 is 0 Å². The molecule has 5 nitrogen and oxygen atoms in total. The Balaban J connectivity index is 2.87. The van der Waals surface area contributed by atoms with Crippen molar-refractivity contribution in [1.29, 1.82) is 0 Å². The number of aromatic nitrogens is 2. The standard InChI is InChI=1S/C15H29N5/c1-8-9-16-13-11(2)14(19-12(3)18-13)17-10-15(4,5)20(6)7/h8-10H2,1-7H3,(H2,16,17,18,19). The molecule has 2 N–H and O–H groups in total. The largest absolute Gasteiger partial charge is 0.370 e. The van der Waals surface area contributed by atoms with Gasteiger partial charge in [-0.15, -0.1) is 0 Å². The van der Waals surface area contributed by atoms with E-state index in [0.29, 0.717) is 0 Å². The molecular weight excluding hydrogens is 250 g/mol. The van der Waals surface area contributed by atoms with Crippen molar-refractivity contribution in [2.45, 2.75) is 46.6 Å². The highest BCUT2D eigenvalue weighted by Crippen LogP contribution is 2.21. The zero-order chi connectivity index (χ0) is 15.3. The third-order valence-electron chi connectivity index (χ3n) is 3.70. The van der Waals surface area contributed by atoms with Gasteiger partial charge in [0.05, 0.1) is 0 Å². The van der Waals surface area contributed by atoms with Crippen molar-refractivity contribution in [2.24, 2.45) is 0 Å². The van der Waals surface area contributed by atoms with Gasteiger partial charge in [-0.1, -0.05) is 6.92 Å². The maximum absolute atomic E-state index is 4.52. The summed E-state index contributed by atoms with van der Waals surface area (Å²) in [6.45, 7) is 12.3. The molecule has 1 aromatic rings. The van der Waals surface area contributed by atoms with Crippen LogP contribution in [0, 0.1) is 13.8 Å². The van der Waals surface area contributed by atoms with E-state index in [9.17, 15) is 0 Å². The molecule has 0 atom stereocenters. The summed E-state index contributed by atoms with van der Waals surface area (Å²) in [5.74, 6) is 2.65. The van der Waals surface area contributed by atoms with Gasteiger partial charge in [0.15, 0.2) is 0 Å². The second-order valence-electron chi connectivity index (χ2n) is 6.08. The van der Waals surface area contributed by atoms with Crippen LogP contribution in [0.5, 0.6) is 0 Å². The van der Waals surface area contributed by atoms with Crippen molar-refractivity contribution >= 4 is 11.6 Å². The van der Waals surface area contributed by atoms with E-state index in [4.69, 9.17) is 0 Å². The fourth-order valence-corrected chi connectivity index (χ4v) is 1.67. The first-order chi connectivity index (χ1) is 9.27. The van der Waals surface area contributed by atoms with Gasteiger partial charge in [-0.3, -0.25) is 0 Å². The van der Waals surface area contributed by atoms with Gasteiger partial charge < -0.3 is 15.5 Å². The lowest BCUT2D eigenvalue weighted by Gasteiger charge is -2.33. The molecule has 5 heteroatoms. The number of nitrogens with zero attached hydrogens (tertiary/aromatic N) is 3. The van der Waals surface area contributed by atoms with E-state index in [0.717, 1.165) is 42.5 Å². The first-order valence-corrected chi connectivity index (χ1v) is 7.28. The highest BCUT2D eigenvalue weighted by Gasteiger charge is 2.21. The molecule has 0 aliphatic rings. The van der Waals surface area contributed by atoms with E-state index in [1.165, 1.54) is 0 Å². The molecule has 1 heterocycles. The minimum atomic E-state index is 0.0717. The molecule has 0 spiro atoms. The minimum Gasteiger partial charge on any atom is -0.370 e. The Labute approximate surface area is 123 Å². The molecule has 0 saturated carbocycles. The molecule has 114 valence electrons. The van der Waals surface area contributed by atoms with Gasteiger partial charge in [0.25, 0.3) is 0 Å². The van der Waals surface area contributed by atoms with Gasteiger partial charge in [-0.2, -0.15) is 0 Å². The van der Waals surface area contributed by atoms with Crippen molar-refractivity contribution in [3.05, 3.63) is 11.4 Å². The minimum absolute atomic E-state index is 0.0717. The van der Waals surface area contributed by atoms with Gasteiger partial charge in [0.2, 0.25) is 0 Å². The monoisotopic (exact) mass is 279 g/mol. The number of likely N-dealkylation sites (N-methyl/N-ethyl adjacent to an activating group) is 1. The van der Waals surface area contributed by atoms with Crippen LogP contribution in [0.1, 0.15) is 38.6 Å². The number of hydrogen-bond donors (Lipinski definition) is 2.